The molecule has 2 atom stereocenters. The Balaban J connectivity index is -0.000000135. The second-order valence-electron chi connectivity index (χ2n) is 8.20. The van der Waals surface area contributed by atoms with Crippen molar-refractivity contribution in [1.29, 1.82) is 0 Å². The molecule has 23 nitrogen and oxygen atoms in total. The molecule has 0 saturated heterocycles. The second kappa shape index (κ2) is 46.2. The van der Waals surface area contributed by atoms with E-state index < -0.39 is 50.5 Å². The molecular formula is C15H26B12N17O6P2Y4. The number of nitrogens with two attached hydrogens (primary N) is 1. The third kappa shape index (κ3) is 33.9. The van der Waals surface area contributed by atoms with Gasteiger partial charge < -0.3 is 25.1 Å². The number of amides is 1. The van der Waals surface area contributed by atoms with Crippen LogP contribution in [0, 0.1) is 0 Å². The van der Waals surface area contributed by atoms with Gasteiger partial charge in [-0.25, -0.2) is 39.3 Å². The van der Waals surface area contributed by atoms with E-state index in [1.165, 1.54) is 77.5 Å². The molecular weight excluding hydrogens is 1060 g/mol. The Kier molecular flexibility index (Phi) is 55.9. The van der Waals surface area contributed by atoms with E-state index in [-0.39, 0.29) is 131 Å². The molecule has 2 unspecified atom stereocenters. The van der Waals surface area contributed by atoms with Gasteiger partial charge in [0.25, 0.3) is 0 Å². The van der Waals surface area contributed by atoms with E-state index in [0.717, 1.165) is 21.1 Å². The number of hydrogen-bond donors (Lipinski definition) is 5. The van der Waals surface area contributed by atoms with Gasteiger partial charge in [-0.15, -0.1) is 5.10 Å². The van der Waals surface area contributed by atoms with E-state index in [4.69, 9.17) is 46.4 Å². The summed E-state index contributed by atoms with van der Waals surface area (Å²) in [6.07, 6.45) is 9.51. The Bertz CT molecular complexity index is 1400. The first kappa shape index (κ1) is 67.8. The molecule has 265 valence electrons. The molecule has 56 heavy (non-hydrogen) atoms. The van der Waals surface area contributed by atoms with Crippen molar-refractivity contribution in [1.82, 2.24) is 79.7 Å². The molecule has 0 spiro atoms. The van der Waals surface area contributed by atoms with Gasteiger partial charge in [0, 0.05) is 210 Å². The summed E-state index contributed by atoms with van der Waals surface area (Å²) in [4.78, 5) is 49.5. The van der Waals surface area contributed by atoms with Crippen LogP contribution in [0.5, 0.6) is 0 Å². The average molecular weight is 1090 g/mol. The van der Waals surface area contributed by atoms with Crippen LogP contribution in [0.1, 0.15) is 0 Å². The minimum atomic E-state index is -1.04. The largest absolute Gasteiger partial charge is 0.470 e. The quantitative estimate of drug-likeness (QED) is 0.0808. The maximum Gasteiger partial charge on any atom is 0.435 e. The number of hydrogen-bond acceptors (Lipinski definition) is 17. The third-order valence-electron chi connectivity index (χ3n) is 4.88. The van der Waals surface area contributed by atoms with Crippen molar-refractivity contribution >= 4 is 123 Å². The minimum absolute atomic E-state index is 0. The van der Waals surface area contributed by atoms with Crippen LogP contribution in [0.4, 0.5) is 14.4 Å². The molecule has 17 radical (unpaired) electrons. The second-order valence-corrected chi connectivity index (χ2v) is 8.49. The molecule has 0 bridgehead atoms. The summed E-state index contributed by atoms with van der Waals surface area (Å²) in [6.45, 7) is -1.04. The van der Waals surface area contributed by atoms with Gasteiger partial charge in [0.2, 0.25) is 0 Å². The number of rotatable bonds is 5. The van der Waals surface area contributed by atoms with Gasteiger partial charge in [-0.05, 0) is 9.39 Å². The number of nitrogens with zero attached hydrogens (tertiary/aromatic N) is 13. The SMILES string of the molecule is COC(=O)NP.COC(=O)n1cncn1.NP.O=C(n1cncn1)n1cncn1.[B][B]B([B])B(O)B(B([B])[B])B([B])[B].[Y].[Y].[Y].[Y].c1nc[nH]n1.c1nc[nH]n1. The topological polar surface area (TPSA) is 303 Å². The van der Waals surface area contributed by atoms with Crippen LogP contribution < -0.4 is 10.6 Å². The molecule has 6 N–H and O–H groups in total. The number of aromatic nitrogens is 15. The minimum Gasteiger partial charge on any atom is -0.470 e. The summed E-state index contributed by atoms with van der Waals surface area (Å²) >= 11 is 0. The summed E-state index contributed by atoms with van der Waals surface area (Å²) in [5, 5.41) is 34.5. The van der Waals surface area contributed by atoms with Crippen LogP contribution >= 0.6 is 18.8 Å². The van der Waals surface area contributed by atoms with Crippen molar-refractivity contribution in [2.45, 2.75) is 0 Å². The van der Waals surface area contributed by atoms with E-state index in [0.29, 0.717) is 0 Å². The number of H-pyrrole nitrogens is 2. The van der Waals surface area contributed by atoms with Crippen molar-refractivity contribution in [2.75, 3.05) is 14.2 Å². The van der Waals surface area contributed by atoms with E-state index in [2.05, 4.69) is 80.7 Å². The van der Waals surface area contributed by atoms with Gasteiger partial charge in [0.1, 0.15) is 63.3 Å². The zero-order chi connectivity index (χ0) is 39.7. The fourth-order valence-corrected chi connectivity index (χ4v) is 2.71. The molecule has 0 aliphatic carbocycles. The molecule has 5 aromatic heterocycles. The van der Waals surface area contributed by atoms with Crippen molar-refractivity contribution in [3.63, 3.8) is 0 Å². The molecule has 5 aromatic rings. The van der Waals surface area contributed by atoms with Crippen molar-refractivity contribution in [3.8, 4) is 0 Å². The first-order valence-corrected chi connectivity index (χ1v) is 14.8. The van der Waals surface area contributed by atoms with Crippen molar-refractivity contribution in [3.05, 3.63) is 63.3 Å². The summed E-state index contributed by atoms with van der Waals surface area (Å²) in [5.41, 5.74) is 4.42. The molecule has 0 fully saturated rings. The van der Waals surface area contributed by atoms with Gasteiger partial charge in [-0.1, -0.05) is 9.39 Å². The van der Waals surface area contributed by atoms with Crippen molar-refractivity contribution in [2.24, 2.45) is 5.50 Å². The number of carbonyl (C=O) groups is 3. The average Bonchev–Trinajstić information content (AvgIpc) is 4.00. The number of ether oxygens (including phenoxy) is 2. The molecule has 41 heteroatoms. The summed E-state index contributed by atoms with van der Waals surface area (Å²) in [7, 11) is 39.8. The van der Waals surface area contributed by atoms with Gasteiger partial charge in [0.05, 0.1) is 14.2 Å². The van der Waals surface area contributed by atoms with Crippen LogP contribution in [0.2, 0.25) is 0 Å². The fourth-order valence-electron chi connectivity index (χ4n) is 2.59. The number of aromatic amines is 2. The van der Waals surface area contributed by atoms with E-state index in [1.54, 1.807) is 0 Å². The van der Waals surface area contributed by atoms with Crippen LogP contribution in [-0.4, -0.2) is 198 Å². The molecule has 0 saturated carbocycles. The molecule has 0 aromatic carbocycles. The molecule has 0 aliphatic heterocycles. The molecule has 1 amide bonds. The van der Waals surface area contributed by atoms with E-state index in [1.807, 2.05) is 18.8 Å². The number of nitrogens with one attached hydrogen (secondary N) is 3. The van der Waals surface area contributed by atoms with Gasteiger partial charge in [-0.3, -0.25) is 10.2 Å². The summed E-state index contributed by atoms with van der Waals surface area (Å²) < 4.78 is 11.6. The number of carbonyl (C=O) groups excluding carboxylic acids is 3. The maximum atomic E-state index is 11.3. The standard InChI is InChI=1S/C5H4N6O.C4H5N3O2.2C2H3N3.C2H6NO2P.B12HO.H4NP.4Y/c12-5(10-3-6-1-8-10)11-4-7-2-9-11;1-9-4(8)7-3-5-2-6-7;2*1-3-2-5-4-1;1-5-2(4)3-6;1-7-10(6)12(13)11(8(2)3)9(4)5;1-2;;;;/h1-4H;2-3H,1H3;2*1-2H,(H,3,4,5);6H2,1H3,(H,3,4);13H;1-2H2;;;;. The third-order valence-corrected chi connectivity index (χ3v) is 5.11. The van der Waals surface area contributed by atoms with Gasteiger partial charge in [-0.2, -0.15) is 34.4 Å². The normalized spacial score (nSPS) is 7.89. The first-order valence-electron chi connectivity index (χ1n) is 13.6. The molecule has 5 heterocycles. The fraction of sp³-hybridized carbons (Fsp3) is 0.133. The van der Waals surface area contributed by atoms with Gasteiger partial charge >= 0.3 is 18.2 Å². The Morgan fingerprint density at radius 1 is 0.732 bits per heavy atom. The van der Waals surface area contributed by atoms with E-state index >= 15 is 0 Å². The summed E-state index contributed by atoms with van der Waals surface area (Å²) in [6, 6.07) is -0.412. The van der Waals surface area contributed by atoms with Crippen LogP contribution in [-0.2, 0) is 140 Å². The Morgan fingerprint density at radius 3 is 1.32 bits per heavy atom. The molecule has 0 aliphatic rings. The zero-order valence-electron chi connectivity index (χ0n) is 30.0. The zero-order valence-corrected chi connectivity index (χ0v) is 43.7. The molecule has 5 rings (SSSR count). The smallest absolute Gasteiger partial charge is 0.435 e. The van der Waals surface area contributed by atoms with Crippen LogP contribution in [0.25, 0.3) is 0 Å². The Morgan fingerprint density at radius 2 is 1.12 bits per heavy atom. The number of methoxy groups -OCH3 is 2. The van der Waals surface area contributed by atoms with Gasteiger partial charge in [0.15, 0.2) is 6.70 Å². The van der Waals surface area contributed by atoms with Crippen LogP contribution in [0.3, 0.4) is 0 Å². The van der Waals surface area contributed by atoms with Crippen LogP contribution in [0.15, 0.2) is 63.3 Å². The van der Waals surface area contributed by atoms with E-state index in [9.17, 15) is 19.4 Å². The predicted molar refractivity (Wildman–Crippen MR) is 207 cm³/mol. The Hall–Kier alpha value is 0.0848. The monoisotopic (exact) mass is 1090 g/mol. The van der Waals surface area contributed by atoms with Crippen molar-refractivity contribution < 1.29 is 160 Å². The predicted octanol–water partition coefficient (Wildman–Crippen LogP) is -6.38. The first-order chi connectivity index (χ1) is 24.9. The summed E-state index contributed by atoms with van der Waals surface area (Å²) in [5.74, 6) is 0. The Labute approximate surface area is 439 Å². The maximum absolute atomic E-state index is 11.3.